The van der Waals surface area contributed by atoms with Crippen LogP contribution >= 0.6 is 0 Å². The average molecular weight is 507 g/mol. The molecule has 9 nitrogen and oxygen atoms in total. The van der Waals surface area contributed by atoms with Gasteiger partial charge in [0.25, 0.3) is 0 Å². The summed E-state index contributed by atoms with van der Waals surface area (Å²) in [6.45, 7) is 11.4. The Morgan fingerprint density at radius 2 is 0.969 bits per heavy atom. The Balaban J connectivity index is -0.0000000468. The predicted molar refractivity (Wildman–Crippen MR) is 141 cm³/mol. The Morgan fingerprint density at radius 3 is 0.969 bits per heavy atom. The fourth-order valence-corrected chi connectivity index (χ4v) is 0. The second-order valence-electron chi connectivity index (χ2n) is 6.80. The lowest BCUT2D eigenvalue weighted by Gasteiger charge is -2.02. The van der Waals surface area contributed by atoms with Crippen LogP contribution in [0.25, 0.3) is 0 Å². The Kier molecular flexibility index (Phi) is 43.8. The third-order valence-corrected chi connectivity index (χ3v) is 3.31. The van der Waals surface area contributed by atoms with E-state index < -0.39 is 19.4 Å². The number of amides is 2. The molecule has 0 fully saturated rings. The molecule has 0 aliphatic carbocycles. The van der Waals surface area contributed by atoms with Gasteiger partial charge in [0.15, 0.2) is 0 Å². The lowest BCUT2D eigenvalue weighted by molar-refractivity contribution is -0.126. The van der Waals surface area contributed by atoms with Gasteiger partial charge >= 0.3 is 0 Å². The lowest BCUT2D eigenvalue weighted by Crippen LogP contribution is -2.17. The molecule has 0 aromatic carbocycles. The van der Waals surface area contributed by atoms with E-state index in [4.69, 9.17) is 0 Å². The summed E-state index contributed by atoms with van der Waals surface area (Å²) in [5.41, 5.74) is 0. The monoisotopic (exact) mass is 506 g/mol. The molecule has 0 aliphatic heterocycles. The van der Waals surface area contributed by atoms with Crippen molar-refractivity contribution in [3.05, 3.63) is 0 Å². The van der Waals surface area contributed by atoms with Crippen LogP contribution in [0.2, 0.25) is 0 Å². The third-order valence-electron chi connectivity index (χ3n) is 2.09. The van der Waals surface area contributed by atoms with Crippen molar-refractivity contribution in [1.82, 2.24) is 10.2 Å². The zero-order valence-electron chi connectivity index (χ0n) is 21.7. The van der Waals surface area contributed by atoms with Crippen LogP contribution in [0.5, 0.6) is 0 Å². The van der Waals surface area contributed by atoms with Gasteiger partial charge in [-0.3, -0.25) is 13.8 Å². The van der Waals surface area contributed by atoms with E-state index in [1.165, 1.54) is 32.6 Å². The Hall–Kier alpha value is -1.75. The summed E-state index contributed by atoms with van der Waals surface area (Å²) in [5, 5.41) is 2.39. The molecule has 32 heavy (non-hydrogen) atoms. The van der Waals surface area contributed by atoms with Crippen molar-refractivity contribution in [1.29, 1.82) is 0 Å². The normalized spacial score (nSPS) is 10.0. The van der Waals surface area contributed by atoms with Crippen LogP contribution in [-0.4, -0.2) is 92.4 Å². The van der Waals surface area contributed by atoms with Gasteiger partial charge in [-0.1, -0.05) is 21.3 Å². The van der Waals surface area contributed by atoms with E-state index in [1.807, 2.05) is 13.8 Å². The van der Waals surface area contributed by atoms with E-state index in [0.717, 1.165) is 12.5 Å². The molecular weight excluding hydrogens is 456 g/mol. The topological polar surface area (TPSA) is 135 Å². The summed E-state index contributed by atoms with van der Waals surface area (Å²) in [7, 11) is 0.720. The Labute approximate surface area is 198 Å². The molecule has 2 amide bonds. The van der Waals surface area contributed by atoms with Gasteiger partial charge in [-0.05, 0) is 36.2 Å². The van der Waals surface area contributed by atoms with Gasteiger partial charge in [0.05, 0.1) is 0 Å². The van der Waals surface area contributed by atoms with Crippen LogP contribution in [0.1, 0.15) is 62.3 Å². The summed E-state index contributed by atoms with van der Waals surface area (Å²) >= 11 is 0. The largest absolute Gasteiger partial charge is 0.359 e. The van der Waals surface area contributed by atoms with Crippen LogP contribution < -0.4 is 5.32 Å². The molecule has 0 aliphatic rings. The highest BCUT2D eigenvalue weighted by atomic mass is 32.2. The van der Waals surface area contributed by atoms with E-state index in [2.05, 4.69) is 11.2 Å². The van der Waals surface area contributed by atoms with Gasteiger partial charge in [0.1, 0.15) is 21.4 Å². The number of hydrogen-bond donors (Lipinski definition) is 1. The molecule has 0 bridgehead atoms. The van der Waals surface area contributed by atoms with Crippen LogP contribution in [0.15, 0.2) is 0 Å². The Morgan fingerprint density at radius 1 is 0.844 bits per heavy atom. The van der Waals surface area contributed by atoms with Crippen LogP contribution in [-0.2, 0) is 38.5 Å². The molecule has 0 aromatic heterocycles. The third kappa shape index (κ3) is 245. The maximum absolute atomic E-state index is 10.4. The number of sulfone groups is 1. The van der Waals surface area contributed by atoms with Crippen molar-refractivity contribution in [3.8, 4) is 0 Å². The van der Waals surface area contributed by atoms with Crippen molar-refractivity contribution in [3.63, 3.8) is 0 Å². The first-order valence-electron chi connectivity index (χ1n) is 9.25. The predicted octanol–water partition coefficient (Wildman–Crippen LogP) is 2.08. The highest BCUT2D eigenvalue weighted by Crippen LogP contribution is 1.75. The fraction of sp³-hybridized carbons (Fsp3) is 0.762. The molecule has 0 radical (unpaired) electrons. The first kappa shape index (κ1) is 47.9. The maximum atomic E-state index is 10.4. The molecule has 0 saturated heterocycles. The molecule has 0 spiro atoms. The van der Waals surface area contributed by atoms with Crippen LogP contribution in [0.3, 0.4) is 0 Å². The molecule has 0 heterocycles. The minimum absolute atomic E-state index is 0. The molecule has 1 atom stereocenters. The van der Waals surface area contributed by atoms with E-state index in [0.29, 0.717) is 12.2 Å². The zero-order valence-corrected chi connectivity index (χ0v) is 23.4. The van der Waals surface area contributed by atoms with Crippen LogP contribution in [0.4, 0.5) is 0 Å². The van der Waals surface area contributed by atoms with Crippen molar-refractivity contribution in [2.75, 3.05) is 45.7 Å². The first-order chi connectivity index (χ1) is 13.5. The molecule has 11 heteroatoms. The van der Waals surface area contributed by atoms with Crippen molar-refractivity contribution in [2.24, 2.45) is 0 Å². The highest BCUT2D eigenvalue weighted by Gasteiger charge is 1.87. The van der Waals surface area contributed by atoms with E-state index in [9.17, 15) is 31.8 Å². The summed E-state index contributed by atoms with van der Waals surface area (Å²) in [6, 6.07) is 0. The lowest BCUT2D eigenvalue weighted by atomic mass is 10.4. The van der Waals surface area contributed by atoms with Crippen LogP contribution in [0, 0.1) is 0 Å². The van der Waals surface area contributed by atoms with Crippen molar-refractivity contribution < 1.29 is 31.8 Å². The number of ketones is 2. The molecule has 1 unspecified atom stereocenters. The number of nitrogens with one attached hydrogen (secondary N) is 1. The smallest absolute Gasteiger partial charge is 0.218 e. The van der Waals surface area contributed by atoms with Gasteiger partial charge < -0.3 is 19.8 Å². The SMILES string of the molecule is C.C=S(C)(=O)CC.CC(=O)N(C)C.CC(C)=O.CCC(C)=O.CNC(C)=O.CS(C)(=O)=O. The molecule has 198 valence electrons. The fourth-order valence-electron chi connectivity index (χ4n) is 0. The summed E-state index contributed by atoms with van der Waals surface area (Å²) < 4.78 is 29.7. The second kappa shape index (κ2) is 29.2. The number of carbonyl (C=O) groups excluding carboxylic acids is 4. The van der Waals surface area contributed by atoms with Gasteiger partial charge in [0.2, 0.25) is 11.8 Å². The van der Waals surface area contributed by atoms with Gasteiger partial charge in [-0.2, -0.15) is 0 Å². The standard InChI is InChI=1S/C4H9NO.C4H10OS.C4H8O.C3H7NO.C3H6O.C2H6O2S.CH4/c1-4(6)5(2)3;1-4-6(2,3)5;1-3-4(2)5;1-3(5)4-2;1-3(2)4;1-5(2,3)4;/h1-3H3;2,4H2,1,3H3;3H2,1-2H3;1-2H3,(H,4,5);1-2H3;1-2H3;1H4. The zero-order chi connectivity index (χ0) is 27.0. The molecule has 0 rings (SSSR count). The van der Waals surface area contributed by atoms with E-state index in [1.54, 1.807) is 34.3 Å². The van der Waals surface area contributed by atoms with E-state index in [-0.39, 0.29) is 30.8 Å². The summed E-state index contributed by atoms with van der Waals surface area (Å²) in [5.74, 6) is 4.62. The van der Waals surface area contributed by atoms with Crippen molar-refractivity contribution in [2.45, 2.75) is 62.3 Å². The quantitative estimate of drug-likeness (QED) is 0.566. The number of hydrogen-bond acceptors (Lipinski definition) is 7. The first-order valence-corrected chi connectivity index (χ1v) is 13.9. The van der Waals surface area contributed by atoms with Crippen molar-refractivity contribution >= 4 is 48.6 Å². The molecule has 0 saturated carbocycles. The molecular formula is C21H50N2O7S2. The highest BCUT2D eigenvalue weighted by molar-refractivity contribution is 7.99. The number of Topliss-reactive ketones (excluding diaryl/α,β-unsaturated/α-hetero) is 2. The maximum Gasteiger partial charge on any atom is 0.218 e. The van der Waals surface area contributed by atoms with Gasteiger partial charge in [0, 0.05) is 65.9 Å². The second-order valence-corrected chi connectivity index (χ2v) is 12.0. The minimum Gasteiger partial charge on any atom is -0.359 e. The van der Waals surface area contributed by atoms with Gasteiger partial charge in [-0.25, -0.2) is 8.42 Å². The summed E-state index contributed by atoms with van der Waals surface area (Å²) in [6.07, 6.45) is 4.65. The molecule has 0 aromatic rings. The average Bonchev–Trinajstić information content (AvgIpc) is 2.53. The minimum atomic E-state index is -2.67. The number of rotatable bonds is 2. The number of nitrogens with zero attached hydrogens (tertiary/aromatic N) is 1. The van der Waals surface area contributed by atoms with Gasteiger partial charge in [-0.15, -0.1) is 0 Å². The molecule has 1 N–H and O–H groups in total. The number of carbonyl (C=O) groups is 4. The summed E-state index contributed by atoms with van der Waals surface area (Å²) in [4.78, 5) is 40.6. The van der Waals surface area contributed by atoms with E-state index >= 15 is 0 Å². The Bertz CT molecular complexity index is 657.